The molecule has 0 spiro atoms. The number of para-hydroxylation sites is 1. The van der Waals surface area contributed by atoms with Gasteiger partial charge in [0.05, 0.1) is 18.2 Å². The van der Waals surface area contributed by atoms with Gasteiger partial charge in [-0.2, -0.15) is 0 Å². The molecule has 8 heteroatoms. The van der Waals surface area contributed by atoms with Crippen molar-refractivity contribution in [2.45, 2.75) is 43.8 Å². The van der Waals surface area contributed by atoms with Crippen LogP contribution in [0.1, 0.15) is 24.1 Å². The molecule has 32 heavy (non-hydrogen) atoms. The maximum atomic E-state index is 12.2. The van der Waals surface area contributed by atoms with Crippen LogP contribution in [0.3, 0.4) is 0 Å². The maximum Gasteiger partial charge on any atom is 0.230 e. The van der Waals surface area contributed by atoms with Crippen LogP contribution in [0, 0.1) is 0 Å². The van der Waals surface area contributed by atoms with Crippen molar-refractivity contribution in [1.29, 1.82) is 0 Å². The second-order valence-corrected chi connectivity index (χ2v) is 9.03. The van der Waals surface area contributed by atoms with Crippen LogP contribution < -0.4 is 26.8 Å². The van der Waals surface area contributed by atoms with Crippen LogP contribution in [0.2, 0.25) is 0 Å². The van der Waals surface area contributed by atoms with Gasteiger partial charge in [0.25, 0.3) is 0 Å². The molecule has 1 aliphatic rings. The number of thiazole rings is 1. The van der Waals surface area contributed by atoms with Gasteiger partial charge in [0.15, 0.2) is 5.13 Å². The first kappa shape index (κ1) is 22.3. The van der Waals surface area contributed by atoms with Crippen molar-refractivity contribution < 1.29 is 9.53 Å². The molecule has 1 fully saturated rings. The Bertz CT molecular complexity index is 1010. The van der Waals surface area contributed by atoms with Crippen molar-refractivity contribution in [2.24, 2.45) is 5.73 Å². The molecule has 0 saturated carbocycles. The smallest absolute Gasteiger partial charge is 0.230 e. The molecule has 2 heterocycles. The third kappa shape index (κ3) is 6.29. The summed E-state index contributed by atoms with van der Waals surface area (Å²) in [7, 11) is 0. The van der Waals surface area contributed by atoms with E-state index < -0.39 is 0 Å². The number of anilines is 2. The van der Waals surface area contributed by atoms with Crippen LogP contribution in [0.15, 0.2) is 60.0 Å². The molecule has 168 valence electrons. The van der Waals surface area contributed by atoms with Crippen LogP contribution in [0.25, 0.3) is 0 Å². The van der Waals surface area contributed by atoms with E-state index in [4.69, 9.17) is 16.2 Å². The lowest BCUT2D eigenvalue weighted by Gasteiger charge is -2.21. The summed E-state index contributed by atoms with van der Waals surface area (Å²) >= 11 is 1.34. The molecule has 1 aromatic heterocycles. The minimum absolute atomic E-state index is 0.0501. The first-order valence-electron chi connectivity index (χ1n) is 10.8. The molecule has 0 aliphatic carbocycles. The average molecular weight is 452 g/mol. The van der Waals surface area contributed by atoms with Gasteiger partial charge in [-0.05, 0) is 49.1 Å². The molecule has 6 N–H and O–H groups in total. The van der Waals surface area contributed by atoms with Gasteiger partial charge in [-0.1, -0.05) is 30.3 Å². The Morgan fingerprint density at radius 2 is 1.97 bits per heavy atom. The summed E-state index contributed by atoms with van der Waals surface area (Å²) in [6.07, 6.45) is 3.27. The fourth-order valence-corrected chi connectivity index (χ4v) is 4.52. The SMILES string of the molecule is Nc1nc(CC(=O)Nc2ccc(C[C@H]3CC[C@H]([C@H](N)COc4ccccc4)N3)cc2)cs1. The van der Waals surface area contributed by atoms with Gasteiger partial charge in [-0.3, -0.25) is 4.79 Å². The number of nitrogens with zero attached hydrogens (tertiary/aromatic N) is 1. The highest BCUT2D eigenvalue weighted by molar-refractivity contribution is 7.13. The molecular weight excluding hydrogens is 422 g/mol. The van der Waals surface area contributed by atoms with Gasteiger partial charge in [0, 0.05) is 23.2 Å². The summed E-state index contributed by atoms with van der Waals surface area (Å²) in [6, 6.07) is 18.4. The molecule has 2 aromatic carbocycles. The Morgan fingerprint density at radius 1 is 1.19 bits per heavy atom. The number of carbonyl (C=O) groups is 1. The van der Waals surface area contributed by atoms with Crippen LogP contribution >= 0.6 is 11.3 Å². The summed E-state index contributed by atoms with van der Waals surface area (Å²) in [6.45, 7) is 0.496. The lowest BCUT2D eigenvalue weighted by Crippen LogP contribution is -2.47. The average Bonchev–Trinajstić information content (AvgIpc) is 3.43. The Kier molecular flexibility index (Phi) is 7.36. The minimum Gasteiger partial charge on any atom is -0.492 e. The summed E-state index contributed by atoms with van der Waals surface area (Å²) in [5.41, 5.74) is 14.7. The van der Waals surface area contributed by atoms with Crippen LogP contribution in [-0.4, -0.2) is 35.6 Å². The molecule has 1 aliphatic heterocycles. The molecule has 4 rings (SSSR count). The fraction of sp³-hybridized carbons (Fsp3) is 0.333. The molecular formula is C24H29N5O2S. The zero-order valence-electron chi connectivity index (χ0n) is 17.9. The van der Waals surface area contributed by atoms with E-state index in [9.17, 15) is 4.79 Å². The van der Waals surface area contributed by atoms with Crippen LogP contribution in [-0.2, 0) is 17.6 Å². The topological polar surface area (TPSA) is 115 Å². The quantitative estimate of drug-likeness (QED) is 0.398. The van der Waals surface area contributed by atoms with E-state index in [2.05, 4.69) is 27.8 Å². The third-order valence-electron chi connectivity index (χ3n) is 5.61. The van der Waals surface area contributed by atoms with Crippen molar-refractivity contribution >= 4 is 28.1 Å². The van der Waals surface area contributed by atoms with Crippen molar-refractivity contribution in [3.63, 3.8) is 0 Å². The molecule has 0 bridgehead atoms. The highest BCUT2D eigenvalue weighted by Crippen LogP contribution is 2.20. The number of hydrogen-bond acceptors (Lipinski definition) is 7. The number of nitrogens with two attached hydrogens (primary N) is 2. The zero-order chi connectivity index (χ0) is 22.3. The number of nitrogen functional groups attached to an aromatic ring is 1. The Balaban J connectivity index is 1.21. The lowest BCUT2D eigenvalue weighted by molar-refractivity contribution is -0.115. The van der Waals surface area contributed by atoms with Gasteiger partial charge in [-0.15, -0.1) is 11.3 Å². The molecule has 1 saturated heterocycles. The molecule has 3 atom stereocenters. The van der Waals surface area contributed by atoms with Crippen molar-refractivity contribution in [1.82, 2.24) is 10.3 Å². The van der Waals surface area contributed by atoms with Gasteiger partial charge in [0.2, 0.25) is 5.91 Å². The van der Waals surface area contributed by atoms with E-state index in [0.29, 0.717) is 23.5 Å². The summed E-state index contributed by atoms with van der Waals surface area (Å²) in [5.74, 6) is 0.746. The standard InChI is InChI=1S/C24H29N5O2S/c25-21(14-31-20-4-2-1-3-5-20)22-11-10-18(27-22)12-16-6-8-17(9-7-16)28-23(30)13-19-15-32-24(26)29-19/h1-9,15,18,21-22,27H,10-14,25H2,(H2,26,29)(H,28,30)/t18-,21-,22-/m1/s1. The molecule has 1 amide bonds. The number of rotatable bonds is 9. The number of aromatic nitrogens is 1. The summed E-state index contributed by atoms with van der Waals surface area (Å²) in [5, 5.41) is 8.85. The van der Waals surface area contributed by atoms with Gasteiger partial charge < -0.3 is 26.8 Å². The predicted octanol–water partition coefficient (Wildman–Crippen LogP) is 2.98. The van der Waals surface area contributed by atoms with E-state index in [1.807, 2.05) is 42.5 Å². The monoisotopic (exact) mass is 451 g/mol. The summed E-state index contributed by atoms with van der Waals surface area (Å²) in [4.78, 5) is 16.3. The van der Waals surface area contributed by atoms with E-state index in [1.165, 1.54) is 16.9 Å². The first-order valence-corrected chi connectivity index (χ1v) is 11.7. The predicted molar refractivity (Wildman–Crippen MR) is 129 cm³/mol. The lowest BCUT2D eigenvalue weighted by atomic mass is 10.0. The van der Waals surface area contributed by atoms with Crippen molar-refractivity contribution in [3.8, 4) is 5.75 Å². The van der Waals surface area contributed by atoms with Crippen molar-refractivity contribution in [2.75, 3.05) is 17.7 Å². The fourth-order valence-electron chi connectivity index (χ4n) is 3.96. The van der Waals surface area contributed by atoms with E-state index in [-0.39, 0.29) is 24.4 Å². The molecule has 0 unspecified atom stereocenters. The molecule has 3 aromatic rings. The Hall–Kier alpha value is -2.94. The minimum atomic E-state index is -0.102. The van der Waals surface area contributed by atoms with E-state index >= 15 is 0 Å². The van der Waals surface area contributed by atoms with Crippen molar-refractivity contribution in [3.05, 3.63) is 71.2 Å². The normalized spacial score (nSPS) is 18.9. The van der Waals surface area contributed by atoms with Crippen LogP contribution in [0.5, 0.6) is 5.75 Å². The van der Waals surface area contributed by atoms with E-state index in [1.54, 1.807) is 5.38 Å². The maximum absolute atomic E-state index is 12.2. The summed E-state index contributed by atoms with van der Waals surface area (Å²) < 4.78 is 5.81. The largest absolute Gasteiger partial charge is 0.492 e. The number of carbonyl (C=O) groups excluding carboxylic acids is 1. The highest BCUT2D eigenvalue weighted by atomic mass is 32.1. The number of ether oxygens (including phenoxy) is 1. The van der Waals surface area contributed by atoms with Gasteiger partial charge in [-0.25, -0.2) is 4.98 Å². The second-order valence-electron chi connectivity index (χ2n) is 8.14. The number of nitrogens with one attached hydrogen (secondary N) is 2. The molecule has 0 radical (unpaired) electrons. The number of benzene rings is 2. The number of amides is 1. The number of hydrogen-bond donors (Lipinski definition) is 4. The Morgan fingerprint density at radius 3 is 2.69 bits per heavy atom. The second kappa shape index (κ2) is 10.6. The van der Waals surface area contributed by atoms with Gasteiger partial charge in [0.1, 0.15) is 12.4 Å². The first-order chi connectivity index (χ1) is 15.5. The Labute approximate surface area is 192 Å². The zero-order valence-corrected chi connectivity index (χ0v) is 18.7. The third-order valence-corrected chi connectivity index (χ3v) is 6.33. The van der Waals surface area contributed by atoms with E-state index in [0.717, 1.165) is 30.7 Å². The van der Waals surface area contributed by atoms with Crippen LogP contribution in [0.4, 0.5) is 10.8 Å². The highest BCUT2D eigenvalue weighted by Gasteiger charge is 2.28. The van der Waals surface area contributed by atoms with Gasteiger partial charge >= 0.3 is 0 Å². The molecule has 7 nitrogen and oxygen atoms in total.